The molecular weight excluding hydrogens is 376 g/mol. The molecule has 3 atom stereocenters. The fourth-order valence-electron chi connectivity index (χ4n) is 3.89. The minimum atomic E-state index is -0.806. The molecule has 0 spiro atoms. The number of ether oxygens (including phenoxy) is 3. The van der Waals surface area contributed by atoms with E-state index in [0.717, 1.165) is 16.7 Å². The quantitative estimate of drug-likeness (QED) is 0.473. The number of hydrogen-bond acceptors (Lipinski definition) is 4. The Kier molecular flexibility index (Phi) is 6.41. The smallest absolute Gasteiger partial charge is 0.187 e. The molecule has 0 aromatic heterocycles. The van der Waals surface area contributed by atoms with Gasteiger partial charge in [0, 0.05) is 7.11 Å². The normalized spacial score (nSPS) is 21.5. The summed E-state index contributed by atoms with van der Waals surface area (Å²) in [6.45, 7) is 0.293. The highest BCUT2D eigenvalue weighted by molar-refractivity contribution is 5.47. The third-order valence-electron chi connectivity index (χ3n) is 5.35. The Morgan fingerprint density at radius 2 is 1.23 bits per heavy atom. The lowest BCUT2D eigenvalue weighted by molar-refractivity contribution is -0.203. The van der Waals surface area contributed by atoms with Gasteiger partial charge in [0.05, 0.1) is 6.61 Å². The molecule has 1 aliphatic rings. The highest BCUT2D eigenvalue weighted by atomic mass is 16.7. The number of benzene rings is 3. The van der Waals surface area contributed by atoms with E-state index in [4.69, 9.17) is 14.2 Å². The zero-order chi connectivity index (χ0) is 20.8. The number of hydrogen-bond donors (Lipinski definition) is 1. The van der Waals surface area contributed by atoms with Gasteiger partial charge in [-0.2, -0.15) is 0 Å². The summed E-state index contributed by atoms with van der Waals surface area (Å²) in [6, 6.07) is 30.6. The first-order chi connectivity index (χ1) is 14.7. The zero-order valence-electron chi connectivity index (χ0n) is 16.9. The van der Waals surface area contributed by atoms with Crippen LogP contribution in [0, 0.1) is 0 Å². The maximum Gasteiger partial charge on any atom is 0.187 e. The van der Waals surface area contributed by atoms with Crippen molar-refractivity contribution in [2.75, 3.05) is 13.7 Å². The molecule has 30 heavy (non-hydrogen) atoms. The average molecular weight is 402 g/mol. The van der Waals surface area contributed by atoms with Crippen molar-refractivity contribution in [2.45, 2.75) is 24.1 Å². The van der Waals surface area contributed by atoms with Gasteiger partial charge in [0.1, 0.15) is 17.8 Å². The van der Waals surface area contributed by atoms with Gasteiger partial charge in [-0.1, -0.05) is 103 Å². The van der Waals surface area contributed by atoms with Gasteiger partial charge in [0.15, 0.2) is 6.29 Å². The van der Waals surface area contributed by atoms with Crippen LogP contribution in [0.25, 0.3) is 0 Å². The summed E-state index contributed by atoms with van der Waals surface area (Å²) in [4.78, 5) is 0. The fraction of sp³-hybridized carbons (Fsp3) is 0.231. The van der Waals surface area contributed by atoms with Gasteiger partial charge in [-0.15, -0.1) is 0 Å². The summed E-state index contributed by atoms with van der Waals surface area (Å²) >= 11 is 0. The highest BCUT2D eigenvalue weighted by Gasteiger charge is 2.38. The van der Waals surface area contributed by atoms with Gasteiger partial charge in [-0.3, -0.25) is 0 Å². The molecular formula is C26H26O4. The summed E-state index contributed by atoms with van der Waals surface area (Å²) in [5, 5.41) is 9.97. The van der Waals surface area contributed by atoms with E-state index in [-0.39, 0.29) is 6.10 Å². The topological polar surface area (TPSA) is 47.9 Å². The van der Waals surface area contributed by atoms with E-state index in [1.54, 1.807) is 6.08 Å². The van der Waals surface area contributed by atoms with Crippen molar-refractivity contribution in [3.63, 3.8) is 0 Å². The number of aliphatic hydroxyl groups excluding tert-OH is 1. The molecule has 154 valence electrons. The van der Waals surface area contributed by atoms with Crippen molar-refractivity contribution in [1.29, 1.82) is 0 Å². The lowest BCUT2D eigenvalue weighted by atomic mass is 9.80. The van der Waals surface area contributed by atoms with Crippen molar-refractivity contribution in [1.82, 2.24) is 0 Å². The molecule has 0 saturated carbocycles. The van der Waals surface area contributed by atoms with Gasteiger partial charge >= 0.3 is 0 Å². The number of aliphatic hydroxyl groups is 1. The molecule has 0 amide bonds. The van der Waals surface area contributed by atoms with Gasteiger partial charge in [-0.05, 0) is 16.7 Å². The van der Waals surface area contributed by atoms with Gasteiger partial charge < -0.3 is 19.3 Å². The average Bonchev–Trinajstić information content (AvgIpc) is 2.82. The van der Waals surface area contributed by atoms with E-state index in [2.05, 4.69) is 36.4 Å². The van der Waals surface area contributed by atoms with Crippen molar-refractivity contribution < 1.29 is 19.3 Å². The predicted molar refractivity (Wildman–Crippen MR) is 116 cm³/mol. The van der Waals surface area contributed by atoms with Gasteiger partial charge in [0.2, 0.25) is 0 Å². The molecule has 0 saturated heterocycles. The molecule has 3 aromatic carbocycles. The van der Waals surface area contributed by atoms with Crippen LogP contribution < -0.4 is 0 Å². The molecule has 3 aromatic rings. The highest BCUT2D eigenvalue weighted by Crippen LogP contribution is 2.40. The lowest BCUT2D eigenvalue weighted by Crippen LogP contribution is -2.41. The summed E-state index contributed by atoms with van der Waals surface area (Å²) in [7, 11) is 1.52. The third kappa shape index (κ3) is 4.09. The van der Waals surface area contributed by atoms with Crippen LogP contribution >= 0.6 is 0 Å². The molecule has 1 heterocycles. The summed E-state index contributed by atoms with van der Waals surface area (Å²) < 4.78 is 17.8. The second-order valence-corrected chi connectivity index (χ2v) is 7.24. The number of methoxy groups -OCH3 is 1. The molecule has 1 N–H and O–H groups in total. The summed E-state index contributed by atoms with van der Waals surface area (Å²) in [5.74, 6) is 0. The molecule has 1 aliphatic heterocycles. The van der Waals surface area contributed by atoms with E-state index in [9.17, 15) is 5.11 Å². The Morgan fingerprint density at radius 3 is 1.67 bits per heavy atom. The molecule has 0 fully saturated rings. The Hall–Kier alpha value is -2.76. The fourth-order valence-corrected chi connectivity index (χ4v) is 3.89. The second kappa shape index (κ2) is 9.37. The second-order valence-electron chi connectivity index (χ2n) is 7.24. The Bertz CT molecular complexity index is 844. The van der Waals surface area contributed by atoms with Gasteiger partial charge in [-0.25, -0.2) is 0 Å². The van der Waals surface area contributed by atoms with Crippen LogP contribution in [-0.2, 0) is 19.8 Å². The maximum atomic E-state index is 9.97. The van der Waals surface area contributed by atoms with Crippen molar-refractivity contribution in [2.24, 2.45) is 0 Å². The van der Waals surface area contributed by atoms with Crippen LogP contribution in [0.4, 0.5) is 0 Å². The monoisotopic (exact) mass is 402 g/mol. The molecule has 0 radical (unpaired) electrons. The predicted octanol–water partition coefficient (Wildman–Crippen LogP) is 4.28. The summed E-state index contributed by atoms with van der Waals surface area (Å²) in [6.07, 6.45) is 1.69. The zero-order valence-corrected chi connectivity index (χ0v) is 16.9. The van der Waals surface area contributed by atoms with E-state index in [0.29, 0.717) is 6.61 Å². The van der Waals surface area contributed by atoms with Crippen LogP contribution in [0.15, 0.2) is 103 Å². The van der Waals surface area contributed by atoms with Gasteiger partial charge in [0.25, 0.3) is 0 Å². The van der Waals surface area contributed by atoms with Crippen molar-refractivity contribution >= 4 is 0 Å². The SMILES string of the molecule is CO[C@H]1O[C@H](COC(c2ccccc2)(c2ccccc2)c2ccccc2)C=C[C@H]1O. The van der Waals surface area contributed by atoms with Crippen LogP contribution in [0.5, 0.6) is 0 Å². The van der Waals surface area contributed by atoms with E-state index in [1.807, 2.05) is 60.7 Å². The first kappa shape index (κ1) is 20.5. The Morgan fingerprint density at radius 1 is 0.767 bits per heavy atom. The largest absolute Gasteiger partial charge is 0.384 e. The Balaban J connectivity index is 1.77. The van der Waals surface area contributed by atoms with Crippen LogP contribution in [0.2, 0.25) is 0 Å². The third-order valence-corrected chi connectivity index (χ3v) is 5.35. The molecule has 0 aliphatic carbocycles. The van der Waals surface area contributed by atoms with E-state index < -0.39 is 18.0 Å². The first-order valence-corrected chi connectivity index (χ1v) is 10.1. The first-order valence-electron chi connectivity index (χ1n) is 10.1. The molecule has 4 nitrogen and oxygen atoms in total. The minimum Gasteiger partial charge on any atom is -0.384 e. The maximum absolute atomic E-state index is 9.97. The van der Waals surface area contributed by atoms with E-state index in [1.165, 1.54) is 7.11 Å². The minimum absolute atomic E-state index is 0.293. The number of rotatable bonds is 7. The van der Waals surface area contributed by atoms with Crippen LogP contribution in [-0.4, -0.2) is 37.3 Å². The molecule has 0 bridgehead atoms. The van der Waals surface area contributed by atoms with Crippen LogP contribution in [0.3, 0.4) is 0 Å². The Labute approximate surface area is 177 Å². The molecule has 0 unspecified atom stereocenters. The van der Waals surface area contributed by atoms with Crippen molar-refractivity contribution in [3.05, 3.63) is 120 Å². The molecule has 4 heteroatoms. The molecule has 4 rings (SSSR count). The standard InChI is InChI=1S/C26H26O4/c1-28-25-24(27)18-17-23(30-25)19-29-26(20-11-5-2-6-12-20,21-13-7-3-8-14-21)22-15-9-4-10-16-22/h2-18,23-25,27H,19H2,1H3/t23-,24+,25-/m0/s1. The van der Waals surface area contributed by atoms with Crippen molar-refractivity contribution in [3.8, 4) is 0 Å². The summed E-state index contributed by atoms with van der Waals surface area (Å²) in [5.41, 5.74) is 2.29. The van der Waals surface area contributed by atoms with E-state index >= 15 is 0 Å². The lowest BCUT2D eigenvalue weighted by Gasteiger charge is -2.37. The van der Waals surface area contributed by atoms with Crippen LogP contribution in [0.1, 0.15) is 16.7 Å².